The summed E-state index contributed by atoms with van der Waals surface area (Å²) >= 11 is 0. The molecule has 3 aliphatic rings. The topological polar surface area (TPSA) is 24.4 Å². The lowest BCUT2D eigenvalue weighted by Gasteiger charge is -2.14. The number of amidine groups is 1. The van der Waals surface area contributed by atoms with Gasteiger partial charge in [-0.2, -0.15) is 0 Å². The molecule has 1 heterocycles. The van der Waals surface area contributed by atoms with Gasteiger partial charge in [0.05, 0.1) is 6.54 Å². The molecule has 17 heavy (non-hydrogen) atoms. The summed E-state index contributed by atoms with van der Waals surface area (Å²) in [5.74, 6) is 2.26. The third-order valence-corrected chi connectivity index (χ3v) is 4.80. The van der Waals surface area contributed by atoms with Crippen LogP contribution in [0.4, 0.5) is 4.39 Å². The monoisotopic (exact) mass is 230 g/mol. The van der Waals surface area contributed by atoms with Crippen LogP contribution in [0.5, 0.6) is 0 Å². The Labute approximate surface area is 99.9 Å². The van der Waals surface area contributed by atoms with E-state index in [4.69, 9.17) is 0 Å². The minimum Gasteiger partial charge on any atom is -0.371 e. The third-order valence-electron chi connectivity index (χ3n) is 4.80. The molecule has 3 heteroatoms. The lowest BCUT2D eigenvalue weighted by molar-refractivity contribution is 0.607. The minimum atomic E-state index is -0.117. The highest BCUT2D eigenvalue weighted by molar-refractivity contribution is 5.95. The highest BCUT2D eigenvalue weighted by Crippen LogP contribution is 2.71. The van der Waals surface area contributed by atoms with Crippen molar-refractivity contribution in [2.75, 3.05) is 13.1 Å². The molecule has 88 valence electrons. The Hall–Kier alpha value is -1.38. The van der Waals surface area contributed by atoms with E-state index in [1.54, 1.807) is 12.1 Å². The zero-order valence-corrected chi connectivity index (χ0v) is 9.83. The van der Waals surface area contributed by atoms with Crippen molar-refractivity contribution in [2.24, 2.45) is 16.3 Å². The molecule has 3 atom stereocenters. The van der Waals surface area contributed by atoms with E-state index >= 15 is 0 Å². The second kappa shape index (κ2) is 2.89. The average Bonchev–Trinajstić information content (AvgIpc) is 2.79. The van der Waals surface area contributed by atoms with Crippen molar-refractivity contribution < 1.29 is 4.39 Å². The van der Waals surface area contributed by atoms with Crippen LogP contribution < -0.4 is 5.32 Å². The van der Waals surface area contributed by atoms with Gasteiger partial charge in [-0.05, 0) is 35.6 Å². The molecular formula is C14H15FN2. The van der Waals surface area contributed by atoms with Crippen LogP contribution in [0.2, 0.25) is 0 Å². The van der Waals surface area contributed by atoms with Gasteiger partial charge in [0, 0.05) is 17.9 Å². The van der Waals surface area contributed by atoms with E-state index in [1.807, 2.05) is 6.07 Å². The van der Waals surface area contributed by atoms with Crippen LogP contribution in [0.1, 0.15) is 24.0 Å². The zero-order chi connectivity index (χ0) is 11.6. The maximum atomic E-state index is 13.3. The number of hydrogen-bond acceptors (Lipinski definition) is 2. The Morgan fingerprint density at radius 1 is 1.47 bits per heavy atom. The fraction of sp³-hybridized carbons (Fsp3) is 0.500. The van der Waals surface area contributed by atoms with Crippen molar-refractivity contribution >= 4 is 5.84 Å². The first-order chi connectivity index (χ1) is 8.23. The number of nitrogens with zero attached hydrogens (tertiary/aromatic N) is 1. The molecule has 2 aliphatic carbocycles. The summed E-state index contributed by atoms with van der Waals surface area (Å²) < 4.78 is 13.3. The largest absolute Gasteiger partial charge is 0.371 e. The number of benzene rings is 1. The number of nitrogens with one attached hydrogen (secondary N) is 1. The van der Waals surface area contributed by atoms with E-state index in [-0.39, 0.29) is 11.2 Å². The smallest absolute Gasteiger partial charge is 0.123 e. The predicted molar refractivity (Wildman–Crippen MR) is 64.7 cm³/mol. The van der Waals surface area contributed by atoms with E-state index in [1.165, 1.54) is 17.0 Å². The summed E-state index contributed by atoms with van der Waals surface area (Å²) in [5, 5.41) is 3.42. The van der Waals surface area contributed by atoms with Gasteiger partial charge in [0.15, 0.2) is 0 Å². The number of halogens is 1. The van der Waals surface area contributed by atoms with Crippen molar-refractivity contribution in [3.63, 3.8) is 0 Å². The van der Waals surface area contributed by atoms with Crippen LogP contribution in [0.25, 0.3) is 0 Å². The first-order valence-corrected chi connectivity index (χ1v) is 6.30. The second-order valence-electron chi connectivity index (χ2n) is 5.48. The van der Waals surface area contributed by atoms with E-state index < -0.39 is 0 Å². The molecule has 3 unspecified atom stereocenters. The molecule has 1 aliphatic heterocycles. The molecule has 1 aromatic rings. The molecule has 1 N–H and O–H groups in total. The zero-order valence-electron chi connectivity index (χ0n) is 9.83. The van der Waals surface area contributed by atoms with Crippen molar-refractivity contribution in [2.45, 2.75) is 19.3 Å². The van der Waals surface area contributed by atoms with Crippen molar-refractivity contribution in [1.82, 2.24) is 5.32 Å². The number of fused-ring (bicyclic) bond motifs is 3. The SMILES string of the molecule is CC1C2c3ccc(F)cc3CC12C1=NCCN1. The van der Waals surface area contributed by atoms with Gasteiger partial charge in [0.25, 0.3) is 0 Å². The Morgan fingerprint density at radius 2 is 2.35 bits per heavy atom. The Kier molecular flexibility index (Phi) is 1.64. The number of aliphatic imine (C=N–C) groups is 1. The standard InChI is InChI=1S/C14H15FN2/c1-8-12-11-3-2-10(15)6-9(11)7-14(8,12)13-16-4-5-17-13/h2-3,6,8,12H,4-5,7H2,1H3,(H,16,17). The summed E-state index contributed by atoms with van der Waals surface area (Å²) in [6.45, 7) is 4.14. The molecule has 1 saturated carbocycles. The Morgan fingerprint density at radius 3 is 3.12 bits per heavy atom. The maximum absolute atomic E-state index is 13.3. The van der Waals surface area contributed by atoms with Gasteiger partial charge < -0.3 is 5.32 Å². The second-order valence-corrected chi connectivity index (χ2v) is 5.48. The molecule has 2 nitrogen and oxygen atoms in total. The fourth-order valence-electron chi connectivity index (χ4n) is 3.95. The lowest BCUT2D eigenvalue weighted by Crippen LogP contribution is -2.30. The molecule has 1 fully saturated rings. The summed E-state index contributed by atoms with van der Waals surface area (Å²) in [6, 6.07) is 5.26. The van der Waals surface area contributed by atoms with Gasteiger partial charge in [0.2, 0.25) is 0 Å². The van der Waals surface area contributed by atoms with Crippen LogP contribution in [0.3, 0.4) is 0 Å². The molecule has 0 radical (unpaired) electrons. The van der Waals surface area contributed by atoms with Crippen LogP contribution in [0.15, 0.2) is 23.2 Å². The van der Waals surface area contributed by atoms with Gasteiger partial charge in [-0.25, -0.2) is 4.39 Å². The predicted octanol–water partition coefficient (Wildman–Crippen LogP) is 2.10. The van der Waals surface area contributed by atoms with E-state index in [2.05, 4.69) is 17.2 Å². The summed E-state index contributed by atoms with van der Waals surface area (Å²) in [4.78, 5) is 4.60. The summed E-state index contributed by atoms with van der Waals surface area (Å²) in [7, 11) is 0. The lowest BCUT2D eigenvalue weighted by atomic mass is 9.96. The molecule has 4 rings (SSSR count). The quantitative estimate of drug-likeness (QED) is 0.785. The van der Waals surface area contributed by atoms with E-state index in [9.17, 15) is 4.39 Å². The maximum Gasteiger partial charge on any atom is 0.123 e. The molecule has 0 aromatic heterocycles. The first-order valence-electron chi connectivity index (χ1n) is 6.30. The van der Waals surface area contributed by atoms with E-state index in [0.717, 1.165) is 19.5 Å². The van der Waals surface area contributed by atoms with Crippen molar-refractivity contribution in [1.29, 1.82) is 0 Å². The van der Waals surface area contributed by atoms with Crippen molar-refractivity contribution in [3.05, 3.63) is 35.1 Å². The van der Waals surface area contributed by atoms with Gasteiger partial charge in [-0.1, -0.05) is 13.0 Å². The molecule has 0 amide bonds. The summed E-state index contributed by atoms with van der Waals surface area (Å²) in [5.41, 5.74) is 2.70. The average molecular weight is 230 g/mol. The molecule has 0 saturated heterocycles. The third kappa shape index (κ3) is 1.03. The van der Waals surface area contributed by atoms with Crippen LogP contribution in [-0.2, 0) is 6.42 Å². The highest BCUT2D eigenvalue weighted by atomic mass is 19.1. The van der Waals surface area contributed by atoms with Crippen LogP contribution in [-0.4, -0.2) is 18.9 Å². The summed E-state index contributed by atoms with van der Waals surface area (Å²) in [6.07, 6.45) is 0.956. The van der Waals surface area contributed by atoms with Gasteiger partial charge in [-0.15, -0.1) is 0 Å². The molecule has 0 bridgehead atoms. The number of hydrogen-bond donors (Lipinski definition) is 1. The highest BCUT2D eigenvalue weighted by Gasteiger charge is 2.69. The van der Waals surface area contributed by atoms with Gasteiger partial charge >= 0.3 is 0 Å². The van der Waals surface area contributed by atoms with Crippen LogP contribution in [0, 0.1) is 17.2 Å². The minimum absolute atomic E-state index is 0.117. The fourth-order valence-corrected chi connectivity index (χ4v) is 3.95. The first kappa shape index (κ1) is 9.63. The number of rotatable bonds is 1. The molecule has 1 aromatic carbocycles. The Bertz CT molecular complexity index is 537. The van der Waals surface area contributed by atoms with Crippen LogP contribution >= 0.6 is 0 Å². The Balaban J connectivity index is 1.80. The van der Waals surface area contributed by atoms with Gasteiger partial charge in [0.1, 0.15) is 11.7 Å². The van der Waals surface area contributed by atoms with Gasteiger partial charge in [-0.3, -0.25) is 4.99 Å². The van der Waals surface area contributed by atoms with E-state index in [0.29, 0.717) is 11.8 Å². The molecular weight excluding hydrogens is 215 g/mol. The normalized spacial score (nSPS) is 37.2. The molecule has 0 spiro atoms. The van der Waals surface area contributed by atoms with Crippen molar-refractivity contribution in [3.8, 4) is 0 Å².